The molecule has 3 rings (SSSR count). The van der Waals surface area contributed by atoms with Gasteiger partial charge in [0.25, 0.3) is 0 Å². The van der Waals surface area contributed by atoms with Crippen LogP contribution in [0.2, 0.25) is 0 Å². The molecule has 0 saturated heterocycles. The highest BCUT2D eigenvalue weighted by atomic mass is 16.5. The molecule has 1 heterocycles. The first kappa shape index (κ1) is 11.7. The molecule has 3 aromatic rings. The average molecular weight is 249 g/mol. The molecule has 0 atom stereocenters. The maximum atomic E-state index is 5.27. The minimum absolute atomic E-state index is 0.890. The summed E-state index contributed by atoms with van der Waals surface area (Å²) < 4.78 is 5.27. The first-order chi connectivity index (χ1) is 9.28. The fraction of sp³-hybridized carbons (Fsp3) is 0.118. The van der Waals surface area contributed by atoms with Crippen LogP contribution in [0.1, 0.15) is 5.56 Å². The van der Waals surface area contributed by atoms with Gasteiger partial charge in [0.05, 0.1) is 7.11 Å². The van der Waals surface area contributed by atoms with Crippen molar-refractivity contribution in [3.8, 4) is 16.9 Å². The van der Waals surface area contributed by atoms with Gasteiger partial charge in [0.2, 0.25) is 0 Å². The molecule has 1 aromatic heterocycles. The third-order valence-corrected chi connectivity index (χ3v) is 3.36. The van der Waals surface area contributed by atoms with Crippen molar-refractivity contribution in [2.75, 3.05) is 7.11 Å². The number of hydrogen-bond donors (Lipinski definition) is 0. The number of aryl methyl sites for hydroxylation is 1. The van der Waals surface area contributed by atoms with E-state index in [1.54, 1.807) is 13.3 Å². The Balaban J connectivity index is 2.20. The van der Waals surface area contributed by atoms with Gasteiger partial charge in [-0.1, -0.05) is 18.2 Å². The van der Waals surface area contributed by atoms with Gasteiger partial charge in [-0.3, -0.25) is 4.98 Å². The van der Waals surface area contributed by atoms with Crippen LogP contribution in [0, 0.1) is 6.92 Å². The number of nitrogens with zero attached hydrogens (tertiary/aromatic N) is 1. The summed E-state index contributed by atoms with van der Waals surface area (Å²) in [6.07, 6.45) is 3.70. The SMILES string of the molecule is COc1ccc2cc(-c3cccnc3)c(C)cc2c1. The smallest absolute Gasteiger partial charge is 0.119 e. The number of ether oxygens (including phenoxy) is 1. The summed E-state index contributed by atoms with van der Waals surface area (Å²) in [5, 5.41) is 2.41. The molecule has 0 aliphatic carbocycles. The van der Waals surface area contributed by atoms with Crippen molar-refractivity contribution < 1.29 is 4.74 Å². The molecule has 0 saturated carbocycles. The van der Waals surface area contributed by atoms with Crippen LogP contribution in [0.25, 0.3) is 21.9 Å². The van der Waals surface area contributed by atoms with E-state index < -0.39 is 0 Å². The molecule has 0 amide bonds. The zero-order chi connectivity index (χ0) is 13.2. The average Bonchev–Trinajstić information content (AvgIpc) is 2.47. The van der Waals surface area contributed by atoms with Crippen molar-refractivity contribution in [3.05, 3.63) is 60.4 Å². The van der Waals surface area contributed by atoms with Gasteiger partial charge in [0.15, 0.2) is 0 Å². The van der Waals surface area contributed by atoms with Crippen LogP contribution in [-0.4, -0.2) is 12.1 Å². The minimum atomic E-state index is 0.890. The molecule has 2 aromatic carbocycles. The Kier molecular flexibility index (Phi) is 2.92. The van der Waals surface area contributed by atoms with Gasteiger partial charge < -0.3 is 4.74 Å². The number of fused-ring (bicyclic) bond motifs is 1. The minimum Gasteiger partial charge on any atom is -0.497 e. The molecule has 0 aliphatic heterocycles. The summed E-state index contributed by atoms with van der Waals surface area (Å²) in [6, 6.07) is 14.6. The Labute approximate surface area is 112 Å². The molecule has 2 heteroatoms. The first-order valence-electron chi connectivity index (χ1n) is 6.27. The summed E-state index contributed by atoms with van der Waals surface area (Å²) in [4.78, 5) is 4.19. The van der Waals surface area contributed by atoms with E-state index in [1.165, 1.54) is 21.9 Å². The van der Waals surface area contributed by atoms with Crippen LogP contribution in [-0.2, 0) is 0 Å². The first-order valence-corrected chi connectivity index (χ1v) is 6.27. The van der Waals surface area contributed by atoms with E-state index in [0.717, 1.165) is 11.3 Å². The molecule has 0 radical (unpaired) electrons. The van der Waals surface area contributed by atoms with E-state index in [2.05, 4.69) is 42.2 Å². The second kappa shape index (κ2) is 4.73. The summed E-state index contributed by atoms with van der Waals surface area (Å²) in [5.41, 5.74) is 3.62. The highest BCUT2D eigenvalue weighted by Crippen LogP contribution is 2.29. The van der Waals surface area contributed by atoms with Crippen LogP contribution < -0.4 is 4.74 Å². The zero-order valence-corrected chi connectivity index (χ0v) is 11.1. The van der Waals surface area contributed by atoms with E-state index in [1.807, 2.05) is 18.3 Å². The number of rotatable bonds is 2. The predicted octanol–water partition coefficient (Wildman–Crippen LogP) is 4.22. The fourth-order valence-corrected chi connectivity index (χ4v) is 2.35. The Morgan fingerprint density at radius 2 is 1.89 bits per heavy atom. The number of methoxy groups -OCH3 is 1. The van der Waals surface area contributed by atoms with Crippen LogP contribution >= 0.6 is 0 Å². The van der Waals surface area contributed by atoms with Gasteiger partial charge in [0, 0.05) is 18.0 Å². The molecule has 0 spiro atoms. The number of hydrogen-bond acceptors (Lipinski definition) is 2. The lowest BCUT2D eigenvalue weighted by atomic mass is 9.97. The normalized spacial score (nSPS) is 10.6. The third-order valence-electron chi connectivity index (χ3n) is 3.36. The summed E-state index contributed by atoms with van der Waals surface area (Å²) in [5.74, 6) is 0.890. The van der Waals surface area contributed by atoms with Gasteiger partial charge >= 0.3 is 0 Å². The van der Waals surface area contributed by atoms with Gasteiger partial charge in [-0.2, -0.15) is 0 Å². The summed E-state index contributed by atoms with van der Waals surface area (Å²) in [6.45, 7) is 2.13. The topological polar surface area (TPSA) is 22.1 Å². The summed E-state index contributed by atoms with van der Waals surface area (Å²) in [7, 11) is 1.69. The van der Waals surface area contributed by atoms with Gasteiger partial charge in [-0.25, -0.2) is 0 Å². The molecular formula is C17H15NO. The largest absolute Gasteiger partial charge is 0.497 e. The van der Waals surface area contributed by atoms with Crippen molar-refractivity contribution >= 4 is 10.8 Å². The molecule has 0 aliphatic rings. The molecule has 0 unspecified atom stereocenters. The van der Waals surface area contributed by atoms with E-state index in [0.29, 0.717) is 0 Å². The van der Waals surface area contributed by atoms with Crippen LogP contribution in [0.5, 0.6) is 5.75 Å². The van der Waals surface area contributed by atoms with Crippen LogP contribution in [0.3, 0.4) is 0 Å². The number of benzene rings is 2. The van der Waals surface area contributed by atoms with Gasteiger partial charge in [-0.05, 0) is 53.1 Å². The lowest BCUT2D eigenvalue weighted by Crippen LogP contribution is -1.87. The second-order valence-corrected chi connectivity index (χ2v) is 4.62. The molecule has 2 nitrogen and oxygen atoms in total. The molecular weight excluding hydrogens is 234 g/mol. The van der Waals surface area contributed by atoms with Crippen molar-refractivity contribution in [1.82, 2.24) is 4.98 Å². The fourth-order valence-electron chi connectivity index (χ4n) is 2.35. The van der Waals surface area contributed by atoms with E-state index >= 15 is 0 Å². The van der Waals surface area contributed by atoms with Gasteiger partial charge in [0.1, 0.15) is 5.75 Å². The van der Waals surface area contributed by atoms with Crippen molar-refractivity contribution in [3.63, 3.8) is 0 Å². The standard InChI is InChI=1S/C17H15NO/c1-12-8-15-9-16(19-2)6-5-13(15)10-17(12)14-4-3-7-18-11-14/h3-11H,1-2H3. The summed E-state index contributed by atoms with van der Waals surface area (Å²) >= 11 is 0. The molecule has 94 valence electrons. The molecule has 0 fully saturated rings. The highest BCUT2D eigenvalue weighted by molar-refractivity contribution is 5.89. The highest BCUT2D eigenvalue weighted by Gasteiger charge is 2.05. The Bertz CT molecular complexity index is 720. The van der Waals surface area contributed by atoms with E-state index in [9.17, 15) is 0 Å². The Hall–Kier alpha value is -2.35. The van der Waals surface area contributed by atoms with Crippen molar-refractivity contribution in [2.45, 2.75) is 6.92 Å². The van der Waals surface area contributed by atoms with Gasteiger partial charge in [-0.15, -0.1) is 0 Å². The third kappa shape index (κ3) is 2.17. The number of aromatic nitrogens is 1. The zero-order valence-electron chi connectivity index (χ0n) is 11.1. The second-order valence-electron chi connectivity index (χ2n) is 4.62. The molecule has 19 heavy (non-hydrogen) atoms. The monoisotopic (exact) mass is 249 g/mol. The van der Waals surface area contributed by atoms with Crippen molar-refractivity contribution in [2.24, 2.45) is 0 Å². The quantitative estimate of drug-likeness (QED) is 0.678. The Morgan fingerprint density at radius 3 is 2.63 bits per heavy atom. The lowest BCUT2D eigenvalue weighted by Gasteiger charge is -2.09. The predicted molar refractivity (Wildman–Crippen MR) is 78.5 cm³/mol. The lowest BCUT2D eigenvalue weighted by molar-refractivity contribution is 0.415. The van der Waals surface area contributed by atoms with Crippen LogP contribution in [0.15, 0.2) is 54.9 Å². The molecule has 0 N–H and O–H groups in total. The Morgan fingerprint density at radius 1 is 1.00 bits per heavy atom. The van der Waals surface area contributed by atoms with E-state index in [-0.39, 0.29) is 0 Å². The van der Waals surface area contributed by atoms with Crippen LogP contribution in [0.4, 0.5) is 0 Å². The maximum absolute atomic E-state index is 5.27. The number of pyridine rings is 1. The molecule has 0 bridgehead atoms. The van der Waals surface area contributed by atoms with E-state index in [4.69, 9.17) is 4.74 Å². The maximum Gasteiger partial charge on any atom is 0.119 e. The van der Waals surface area contributed by atoms with Crippen molar-refractivity contribution in [1.29, 1.82) is 0 Å².